The highest BCUT2D eigenvalue weighted by Crippen LogP contribution is 2.47. The second kappa shape index (κ2) is 11.3. The van der Waals surface area contributed by atoms with Crippen LogP contribution in [0, 0.1) is 0 Å². The highest BCUT2D eigenvalue weighted by atomic mass is 32.2. The molecule has 2 aliphatic rings. The Morgan fingerprint density at radius 2 is 1.65 bits per heavy atom. The van der Waals surface area contributed by atoms with Crippen molar-refractivity contribution in [2.24, 2.45) is 5.10 Å². The van der Waals surface area contributed by atoms with E-state index in [2.05, 4.69) is 22.1 Å². The fourth-order valence-electron chi connectivity index (χ4n) is 4.91. The first-order chi connectivity index (χ1) is 19.6. The van der Waals surface area contributed by atoms with Gasteiger partial charge in [0.05, 0.1) is 36.9 Å². The first kappa shape index (κ1) is 25.8. The lowest BCUT2D eigenvalue weighted by atomic mass is 10.0. The van der Waals surface area contributed by atoms with Crippen LogP contribution in [0.2, 0.25) is 0 Å². The summed E-state index contributed by atoms with van der Waals surface area (Å²) in [5.74, 6) is 0.491. The average Bonchev–Trinajstić information content (AvgIpc) is 3.69. The Morgan fingerprint density at radius 1 is 0.950 bits per heavy atom. The minimum atomic E-state index is -0.449. The van der Waals surface area contributed by atoms with E-state index in [9.17, 15) is 9.59 Å². The van der Waals surface area contributed by atoms with Gasteiger partial charge < -0.3 is 18.8 Å². The van der Waals surface area contributed by atoms with Gasteiger partial charge in [-0.25, -0.2) is 5.01 Å². The summed E-state index contributed by atoms with van der Waals surface area (Å²) in [6.07, 6.45) is 2.17. The maximum absolute atomic E-state index is 13.2. The molecule has 0 N–H and O–H groups in total. The molecular weight excluding hydrogens is 526 g/mol. The van der Waals surface area contributed by atoms with Crippen molar-refractivity contribution in [1.29, 1.82) is 0 Å². The number of nitrogens with zero attached hydrogens (tertiary/aromatic N) is 3. The monoisotopic (exact) mass is 553 g/mol. The van der Waals surface area contributed by atoms with Crippen LogP contribution in [0.15, 0.2) is 111 Å². The summed E-state index contributed by atoms with van der Waals surface area (Å²) in [7, 11) is 1.61. The molecule has 4 aromatic rings. The second-order valence-electron chi connectivity index (χ2n) is 9.35. The van der Waals surface area contributed by atoms with Gasteiger partial charge in [-0.15, -0.1) is 0 Å². The van der Waals surface area contributed by atoms with Crippen LogP contribution in [0.25, 0.3) is 0 Å². The van der Waals surface area contributed by atoms with E-state index in [1.165, 1.54) is 5.01 Å². The molecule has 202 valence electrons. The molecule has 0 saturated carbocycles. The number of hydrazone groups is 1. The van der Waals surface area contributed by atoms with Gasteiger partial charge in [0.25, 0.3) is 5.91 Å². The number of furan rings is 1. The van der Waals surface area contributed by atoms with Gasteiger partial charge in [-0.1, -0.05) is 36.0 Å². The quantitative estimate of drug-likeness (QED) is 0.240. The Labute approximate surface area is 236 Å². The van der Waals surface area contributed by atoms with Crippen LogP contribution in [-0.2, 0) is 14.3 Å². The van der Waals surface area contributed by atoms with Crippen molar-refractivity contribution in [2.75, 3.05) is 25.2 Å². The van der Waals surface area contributed by atoms with Crippen LogP contribution < -0.4 is 9.64 Å². The van der Waals surface area contributed by atoms with Crippen LogP contribution in [0.5, 0.6) is 5.75 Å². The number of esters is 1. The summed E-state index contributed by atoms with van der Waals surface area (Å²) in [5.41, 5.74) is 3.72. The zero-order valence-corrected chi connectivity index (χ0v) is 22.7. The first-order valence-electron chi connectivity index (χ1n) is 13.0. The number of carbonyl (C=O) groups excluding carboxylic acids is 2. The maximum atomic E-state index is 13.2. The normalized spacial score (nSPS) is 15.7. The van der Waals surface area contributed by atoms with E-state index in [-0.39, 0.29) is 6.42 Å². The smallest absolute Gasteiger partial charge is 0.308 e. The number of hydrogen-bond donors (Lipinski definition) is 0. The van der Waals surface area contributed by atoms with Crippen LogP contribution in [0.1, 0.15) is 30.2 Å². The van der Waals surface area contributed by atoms with E-state index in [0.717, 1.165) is 38.2 Å². The molecule has 3 aromatic carbocycles. The Hall–Kier alpha value is -4.50. The zero-order valence-electron chi connectivity index (χ0n) is 21.9. The lowest BCUT2D eigenvalue weighted by Gasteiger charge is -2.32. The molecule has 1 atom stereocenters. The van der Waals surface area contributed by atoms with Gasteiger partial charge in [0.2, 0.25) is 0 Å². The molecule has 0 saturated heterocycles. The molecule has 0 aliphatic carbocycles. The third-order valence-electron chi connectivity index (χ3n) is 6.89. The van der Waals surface area contributed by atoms with Crippen LogP contribution in [-0.4, -0.2) is 42.9 Å². The molecule has 8 nitrogen and oxygen atoms in total. The van der Waals surface area contributed by atoms with Crippen molar-refractivity contribution in [3.63, 3.8) is 0 Å². The molecule has 0 unspecified atom stereocenters. The molecule has 0 bridgehead atoms. The second-order valence-corrected chi connectivity index (χ2v) is 10.4. The first-order valence-corrected chi connectivity index (χ1v) is 13.8. The summed E-state index contributed by atoms with van der Waals surface area (Å²) in [6, 6.07) is 26.9. The number of fused-ring (bicyclic) bond motifs is 2. The Bertz CT molecular complexity index is 1510. The lowest BCUT2D eigenvalue weighted by molar-refractivity contribution is -0.152. The number of hydrogen-bond acceptors (Lipinski definition) is 8. The average molecular weight is 554 g/mol. The predicted octanol–water partition coefficient (Wildman–Crippen LogP) is 6.20. The molecule has 40 heavy (non-hydrogen) atoms. The van der Waals surface area contributed by atoms with E-state index >= 15 is 0 Å². The van der Waals surface area contributed by atoms with E-state index in [4.69, 9.17) is 13.9 Å². The molecule has 2 aliphatic heterocycles. The summed E-state index contributed by atoms with van der Waals surface area (Å²) < 4.78 is 16.3. The third-order valence-corrected chi connectivity index (χ3v) is 8.02. The van der Waals surface area contributed by atoms with Gasteiger partial charge in [-0.3, -0.25) is 9.59 Å². The van der Waals surface area contributed by atoms with Crippen molar-refractivity contribution in [3.05, 3.63) is 103 Å². The SMILES string of the molecule is COc1ccc(C2=NN(C(=O)COC(=O)CCN3c4ccccc4Sc4ccccc43)[C@H](c3ccco3)C2)cc1. The summed E-state index contributed by atoms with van der Waals surface area (Å²) >= 11 is 1.71. The van der Waals surface area contributed by atoms with Crippen LogP contribution in [0.3, 0.4) is 0 Å². The molecule has 1 amide bonds. The fraction of sp³-hybridized carbons (Fsp3) is 0.194. The summed E-state index contributed by atoms with van der Waals surface area (Å²) in [5, 5.41) is 5.96. The highest BCUT2D eigenvalue weighted by molar-refractivity contribution is 7.99. The molecule has 0 radical (unpaired) electrons. The predicted molar refractivity (Wildman–Crippen MR) is 152 cm³/mol. The van der Waals surface area contributed by atoms with Crippen molar-refractivity contribution in [1.82, 2.24) is 5.01 Å². The van der Waals surface area contributed by atoms with E-state index in [1.807, 2.05) is 66.7 Å². The standard InChI is InChI=1S/C31H27N3O5S/c1-37-22-14-12-21(13-15-22)23-19-26(27-9-6-18-38-27)34(32-23)30(35)20-39-31(36)16-17-33-24-7-2-4-10-28(24)40-29-11-5-3-8-25(29)33/h2-15,18,26H,16-17,19-20H2,1H3/t26-/m0/s1. The van der Waals surface area contributed by atoms with Gasteiger partial charge in [0, 0.05) is 22.8 Å². The number of amides is 1. The van der Waals surface area contributed by atoms with E-state index in [1.54, 1.807) is 31.2 Å². The fourth-order valence-corrected chi connectivity index (χ4v) is 6.00. The Balaban J connectivity index is 1.12. The molecule has 6 rings (SSSR count). The number of anilines is 2. The summed E-state index contributed by atoms with van der Waals surface area (Å²) in [6.45, 7) is 0.0264. The largest absolute Gasteiger partial charge is 0.497 e. The van der Waals surface area contributed by atoms with Gasteiger partial charge in [0.1, 0.15) is 17.6 Å². The molecular formula is C31H27N3O5S. The molecule has 1 aromatic heterocycles. The molecule has 0 fully saturated rings. The van der Waals surface area contributed by atoms with Gasteiger partial charge in [0.15, 0.2) is 6.61 Å². The third kappa shape index (κ3) is 5.20. The number of methoxy groups -OCH3 is 1. The molecule has 9 heteroatoms. The van der Waals surface area contributed by atoms with Crippen LogP contribution in [0.4, 0.5) is 11.4 Å². The Kier molecular flexibility index (Phi) is 7.29. The minimum Gasteiger partial charge on any atom is -0.497 e. The topological polar surface area (TPSA) is 84.6 Å². The maximum Gasteiger partial charge on any atom is 0.308 e. The number of para-hydroxylation sites is 2. The van der Waals surface area contributed by atoms with Gasteiger partial charge in [-0.05, 0) is 66.2 Å². The lowest BCUT2D eigenvalue weighted by Crippen LogP contribution is -2.32. The van der Waals surface area contributed by atoms with Crippen molar-refractivity contribution < 1.29 is 23.5 Å². The summed E-state index contributed by atoms with van der Waals surface area (Å²) in [4.78, 5) is 30.4. The van der Waals surface area contributed by atoms with Crippen molar-refractivity contribution in [2.45, 2.75) is 28.7 Å². The molecule has 3 heterocycles. The van der Waals surface area contributed by atoms with E-state index in [0.29, 0.717) is 18.7 Å². The number of ether oxygens (including phenoxy) is 2. The van der Waals surface area contributed by atoms with Crippen molar-refractivity contribution in [3.8, 4) is 5.75 Å². The number of benzene rings is 3. The van der Waals surface area contributed by atoms with Gasteiger partial charge in [-0.2, -0.15) is 5.10 Å². The minimum absolute atomic E-state index is 0.128. The highest BCUT2D eigenvalue weighted by Gasteiger charge is 2.35. The van der Waals surface area contributed by atoms with E-state index < -0.39 is 24.5 Å². The molecule has 0 spiro atoms. The zero-order chi connectivity index (χ0) is 27.5. The van der Waals surface area contributed by atoms with Crippen LogP contribution >= 0.6 is 11.8 Å². The number of rotatable bonds is 8. The van der Waals surface area contributed by atoms with Crippen molar-refractivity contribution >= 4 is 40.7 Å². The van der Waals surface area contributed by atoms with Gasteiger partial charge >= 0.3 is 5.97 Å². The Morgan fingerprint density at radius 3 is 2.30 bits per heavy atom. The number of carbonyl (C=O) groups is 2.